The van der Waals surface area contributed by atoms with E-state index in [0.29, 0.717) is 13.0 Å². The molecular weight excluding hydrogens is 292 g/mol. The number of carbonyl (C=O) groups excluding carboxylic acids is 1. The van der Waals surface area contributed by atoms with Gasteiger partial charge < -0.3 is 15.4 Å². The molecule has 3 rings (SSSR count). The fraction of sp³-hybridized carbons (Fsp3) is 0.929. The van der Waals surface area contributed by atoms with Gasteiger partial charge in [-0.3, -0.25) is 4.79 Å². The lowest BCUT2D eigenvalue weighted by Gasteiger charge is -2.61. The van der Waals surface area contributed by atoms with Crippen molar-refractivity contribution in [1.29, 1.82) is 0 Å². The van der Waals surface area contributed by atoms with E-state index in [1.165, 1.54) is 0 Å². The van der Waals surface area contributed by atoms with Crippen molar-refractivity contribution in [2.45, 2.75) is 44.4 Å². The molecule has 1 aliphatic carbocycles. The van der Waals surface area contributed by atoms with E-state index in [1.54, 1.807) is 11.9 Å². The second kappa shape index (κ2) is 4.43. The van der Waals surface area contributed by atoms with Crippen LogP contribution in [0.2, 0.25) is 0 Å². The molecule has 4 atom stereocenters. The number of nitrogens with zero attached hydrogens (tertiary/aromatic N) is 1. The minimum absolute atomic E-state index is 0.0344. The third kappa shape index (κ3) is 1.90. The third-order valence-electron chi connectivity index (χ3n) is 5.88. The molecule has 0 aromatic rings. The summed E-state index contributed by atoms with van der Waals surface area (Å²) in [7, 11) is -1.33. The summed E-state index contributed by atoms with van der Waals surface area (Å²) in [5.74, 6) is 0.115. The molecular formula is C14H24N2O4S. The average molecular weight is 316 g/mol. The Morgan fingerprint density at radius 3 is 2.57 bits per heavy atom. The SMILES string of the molecule is CN(C(=O)C1(N)C2CCOC2C1(C)C)C1CCS(=O)(=O)C1. The van der Waals surface area contributed by atoms with E-state index >= 15 is 0 Å². The fourth-order valence-corrected chi connectivity index (χ4v) is 6.13. The summed E-state index contributed by atoms with van der Waals surface area (Å²) in [6, 6.07) is -0.250. The van der Waals surface area contributed by atoms with Crippen LogP contribution in [0.5, 0.6) is 0 Å². The number of likely N-dealkylation sites (N-methyl/N-ethyl adjacent to an activating group) is 1. The van der Waals surface area contributed by atoms with Crippen molar-refractivity contribution in [3.05, 3.63) is 0 Å². The second-order valence-corrected chi connectivity index (χ2v) is 9.48. The lowest BCUT2D eigenvalue weighted by molar-refractivity contribution is -0.184. The van der Waals surface area contributed by atoms with Crippen LogP contribution in [0, 0.1) is 11.3 Å². The lowest BCUT2D eigenvalue weighted by Crippen LogP contribution is -2.80. The van der Waals surface area contributed by atoms with Crippen LogP contribution >= 0.6 is 0 Å². The van der Waals surface area contributed by atoms with Crippen molar-refractivity contribution in [2.24, 2.45) is 17.1 Å². The van der Waals surface area contributed by atoms with E-state index in [0.717, 1.165) is 6.42 Å². The maximum absolute atomic E-state index is 13.0. The molecule has 3 fully saturated rings. The number of fused-ring (bicyclic) bond motifs is 1. The number of ether oxygens (including phenoxy) is 1. The molecule has 0 aromatic heterocycles. The molecule has 120 valence electrons. The normalized spacial score (nSPS) is 43.1. The fourth-order valence-electron chi connectivity index (χ4n) is 4.36. The Hall–Kier alpha value is -0.660. The Balaban J connectivity index is 1.82. The van der Waals surface area contributed by atoms with Gasteiger partial charge in [0, 0.05) is 31.0 Å². The number of carbonyl (C=O) groups is 1. The summed E-state index contributed by atoms with van der Waals surface area (Å²) in [6.45, 7) is 4.58. The van der Waals surface area contributed by atoms with Crippen molar-refractivity contribution in [2.75, 3.05) is 25.2 Å². The zero-order valence-corrected chi connectivity index (χ0v) is 13.6. The molecule has 2 aliphatic heterocycles. The van der Waals surface area contributed by atoms with Gasteiger partial charge in [-0.15, -0.1) is 0 Å². The number of hydrogen-bond donors (Lipinski definition) is 1. The van der Waals surface area contributed by atoms with Gasteiger partial charge in [-0.05, 0) is 12.8 Å². The molecule has 0 spiro atoms. The van der Waals surface area contributed by atoms with E-state index < -0.39 is 20.8 Å². The molecule has 2 N–H and O–H groups in total. The zero-order valence-electron chi connectivity index (χ0n) is 12.8. The average Bonchev–Trinajstić information content (AvgIpc) is 3.01. The molecule has 3 aliphatic rings. The van der Waals surface area contributed by atoms with E-state index in [4.69, 9.17) is 10.5 Å². The third-order valence-corrected chi connectivity index (χ3v) is 7.63. The highest BCUT2D eigenvalue weighted by Gasteiger charge is 2.72. The van der Waals surface area contributed by atoms with Crippen molar-refractivity contribution < 1.29 is 17.9 Å². The number of amides is 1. The van der Waals surface area contributed by atoms with Crippen LogP contribution in [0.1, 0.15) is 26.7 Å². The first-order chi connectivity index (χ1) is 9.61. The quantitative estimate of drug-likeness (QED) is 0.760. The highest BCUT2D eigenvalue weighted by molar-refractivity contribution is 7.91. The van der Waals surface area contributed by atoms with Gasteiger partial charge in [-0.1, -0.05) is 13.8 Å². The molecule has 1 saturated carbocycles. The molecule has 1 amide bonds. The van der Waals surface area contributed by atoms with E-state index in [2.05, 4.69) is 0 Å². The van der Waals surface area contributed by atoms with Crippen LogP contribution in [0.4, 0.5) is 0 Å². The maximum Gasteiger partial charge on any atom is 0.243 e. The van der Waals surface area contributed by atoms with Crippen LogP contribution in [-0.4, -0.2) is 62.1 Å². The predicted molar refractivity (Wildman–Crippen MR) is 78.4 cm³/mol. The highest BCUT2D eigenvalue weighted by atomic mass is 32.2. The van der Waals surface area contributed by atoms with Crippen molar-refractivity contribution in [3.63, 3.8) is 0 Å². The molecule has 2 heterocycles. The van der Waals surface area contributed by atoms with Gasteiger partial charge in [0.15, 0.2) is 9.84 Å². The standard InChI is InChI=1S/C14H24N2O4S/c1-13(2)11-10(4-6-20-11)14(13,15)12(17)16(3)9-5-7-21(18,19)8-9/h9-11H,4-8,15H2,1-3H3. The van der Waals surface area contributed by atoms with Gasteiger partial charge in [-0.25, -0.2) is 8.42 Å². The van der Waals surface area contributed by atoms with E-state index in [1.807, 2.05) is 13.8 Å². The van der Waals surface area contributed by atoms with Gasteiger partial charge in [0.25, 0.3) is 0 Å². The monoisotopic (exact) mass is 316 g/mol. The highest BCUT2D eigenvalue weighted by Crippen LogP contribution is 2.58. The van der Waals surface area contributed by atoms with Crippen molar-refractivity contribution in [3.8, 4) is 0 Å². The minimum atomic E-state index is -3.01. The van der Waals surface area contributed by atoms with E-state index in [-0.39, 0.29) is 35.5 Å². The summed E-state index contributed by atoms with van der Waals surface area (Å²) < 4.78 is 28.9. The number of rotatable bonds is 2. The van der Waals surface area contributed by atoms with Gasteiger partial charge in [0.2, 0.25) is 5.91 Å². The molecule has 21 heavy (non-hydrogen) atoms. The Bertz CT molecular complexity index is 574. The summed E-state index contributed by atoms with van der Waals surface area (Å²) in [5.41, 5.74) is 5.16. The topological polar surface area (TPSA) is 89.7 Å². The van der Waals surface area contributed by atoms with Crippen LogP contribution in [0.15, 0.2) is 0 Å². The van der Waals surface area contributed by atoms with Crippen molar-refractivity contribution in [1.82, 2.24) is 4.90 Å². The Morgan fingerprint density at radius 1 is 1.33 bits per heavy atom. The predicted octanol–water partition coefficient (Wildman–Crippen LogP) is -0.226. The number of hydrogen-bond acceptors (Lipinski definition) is 5. The number of nitrogens with two attached hydrogens (primary N) is 1. The first kappa shape index (κ1) is 15.2. The van der Waals surface area contributed by atoms with Gasteiger partial charge in [-0.2, -0.15) is 0 Å². The molecule has 2 saturated heterocycles. The smallest absolute Gasteiger partial charge is 0.243 e. The van der Waals surface area contributed by atoms with Crippen molar-refractivity contribution >= 4 is 15.7 Å². The van der Waals surface area contributed by atoms with Crippen LogP contribution in [-0.2, 0) is 19.4 Å². The Kier molecular flexibility index (Phi) is 3.21. The van der Waals surface area contributed by atoms with Gasteiger partial charge >= 0.3 is 0 Å². The summed E-state index contributed by atoms with van der Waals surface area (Å²) in [6.07, 6.45) is 1.34. The van der Waals surface area contributed by atoms with Gasteiger partial charge in [0.05, 0.1) is 17.6 Å². The minimum Gasteiger partial charge on any atom is -0.377 e. The zero-order chi connectivity index (χ0) is 15.6. The molecule has 6 nitrogen and oxygen atoms in total. The summed E-state index contributed by atoms with van der Waals surface area (Å²) in [5, 5.41) is 0. The maximum atomic E-state index is 13.0. The Labute approximate surface area is 125 Å². The first-order valence-electron chi connectivity index (χ1n) is 7.49. The Morgan fingerprint density at radius 2 is 2.00 bits per heavy atom. The molecule has 0 aromatic carbocycles. The van der Waals surface area contributed by atoms with Crippen LogP contribution < -0.4 is 5.73 Å². The second-order valence-electron chi connectivity index (χ2n) is 7.25. The van der Waals surface area contributed by atoms with E-state index in [9.17, 15) is 13.2 Å². The largest absolute Gasteiger partial charge is 0.377 e. The van der Waals surface area contributed by atoms with Gasteiger partial charge in [0.1, 0.15) is 5.54 Å². The number of sulfone groups is 1. The molecule has 0 radical (unpaired) electrons. The molecule has 0 bridgehead atoms. The molecule has 7 heteroatoms. The molecule has 4 unspecified atom stereocenters. The van der Waals surface area contributed by atoms with Crippen LogP contribution in [0.25, 0.3) is 0 Å². The van der Waals surface area contributed by atoms with Crippen LogP contribution in [0.3, 0.4) is 0 Å². The summed E-state index contributed by atoms with van der Waals surface area (Å²) >= 11 is 0. The summed E-state index contributed by atoms with van der Waals surface area (Å²) in [4.78, 5) is 14.5. The first-order valence-corrected chi connectivity index (χ1v) is 9.31. The lowest BCUT2D eigenvalue weighted by atomic mass is 9.47.